The number of rotatable bonds is 4. The lowest BCUT2D eigenvalue weighted by atomic mass is 10.0. The molecule has 0 spiro atoms. The highest BCUT2D eigenvalue weighted by Gasteiger charge is 2.15. The Kier molecular flexibility index (Phi) is 4.11. The number of carbonyl (C=O) groups is 1. The summed E-state index contributed by atoms with van der Waals surface area (Å²) in [6.07, 6.45) is 3.52. The molecule has 0 fully saturated rings. The third kappa shape index (κ3) is 3.99. The number of nitrogens with one attached hydrogen (secondary N) is 1. The van der Waals surface area contributed by atoms with Crippen LogP contribution in [0.3, 0.4) is 0 Å². The second-order valence-corrected chi connectivity index (χ2v) is 3.69. The zero-order valence-electron chi connectivity index (χ0n) is 8.84. The number of amides is 1. The number of nitrogens with two attached hydrogens (primary N) is 1. The minimum absolute atomic E-state index is 0.182. The van der Waals surface area contributed by atoms with Gasteiger partial charge in [0.05, 0.1) is 18.4 Å². The second-order valence-electron chi connectivity index (χ2n) is 3.69. The molecule has 6 heteroatoms. The fourth-order valence-corrected chi connectivity index (χ4v) is 1.12. The third-order valence-corrected chi connectivity index (χ3v) is 1.78. The van der Waals surface area contributed by atoms with Crippen molar-refractivity contribution >= 4 is 11.9 Å². The Bertz CT molecular complexity index is 314. The average Bonchev–Trinajstić information content (AvgIpc) is 2.18. The summed E-state index contributed by atoms with van der Waals surface area (Å²) in [6.45, 7) is 4.02. The van der Waals surface area contributed by atoms with Crippen molar-refractivity contribution in [1.29, 1.82) is 0 Å². The van der Waals surface area contributed by atoms with Crippen LogP contribution in [0.1, 0.15) is 20.3 Å². The largest absolute Gasteiger partial charge is 0.320 e. The van der Waals surface area contributed by atoms with Gasteiger partial charge in [-0.1, -0.05) is 13.8 Å². The van der Waals surface area contributed by atoms with Crippen LogP contribution in [0.4, 0.5) is 5.95 Å². The summed E-state index contributed by atoms with van der Waals surface area (Å²) in [5.74, 6) is 0.277. The molecule has 0 unspecified atom stereocenters. The summed E-state index contributed by atoms with van der Waals surface area (Å²) in [7, 11) is 0. The van der Waals surface area contributed by atoms with E-state index in [1.807, 2.05) is 13.8 Å². The summed E-state index contributed by atoms with van der Waals surface area (Å²) >= 11 is 0. The first kappa shape index (κ1) is 11.5. The highest BCUT2D eigenvalue weighted by Crippen LogP contribution is 2.04. The van der Waals surface area contributed by atoms with Crippen molar-refractivity contribution < 1.29 is 4.79 Å². The van der Waals surface area contributed by atoms with Crippen LogP contribution in [-0.2, 0) is 4.79 Å². The van der Waals surface area contributed by atoms with E-state index in [9.17, 15) is 4.79 Å². The number of anilines is 1. The summed E-state index contributed by atoms with van der Waals surface area (Å²) in [5, 5.41) is 9.72. The maximum atomic E-state index is 11.5. The van der Waals surface area contributed by atoms with E-state index < -0.39 is 6.04 Å². The van der Waals surface area contributed by atoms with Gasteiger partial charge in [-0.25, -0.2) is 4.98 Å². The molecular formula is C9H15N5O. The molecule has 1 atom stereocenters. The molecule has 0 aliphatic rings. The van der Waals surface area contributed by atoms with Gasteiger partial charge in [-0.05, 0) is 12.3 Å². The molecule has 1 amide bonds. The number of hydrogen-bond acceptors (Lipinski definition) is 5. The number of aromatic nitrogens is 3. The Morgan fingerprint density at radius 3 is 2.80 bits per heavy atom. The Morgan fingerprint density at radius 1 is 1.53 bits per heavy atom. The fourth-order valence-electron chi connectivity index (χ4n) is 1.12. The Labute approximate surface area is 88.3 Å². The molecule has 6 nitrogen and oxygen atoms in total. The van der Waals surface area contributed by atoms with Gasteiger partial charge < -0.3 is 5.73 Å². The molecule has 1 aromatic rings. The van der Waals surface area contributed by atoms with Gasteiger partial charge in [0.25, 0.3) is 0 Å². The van der Waals surface area contributed by atoms with E-state index in [1.54, 1.807) is 0 Å². The monoisotopic (exact) mass is 209 g/mol. The van der Waals surface area contributed by atoms with Crippen LogP contribution in [0.5, 0.6) is 0 Å². The van der Waals surface area contributed by atoms with Crippen molar-refractivity contribution in [2.24, 2.45) is 11.7 Å². The van der Waals surface area contributed by atoms with Gasteiger partial charge >= 0.3 is 0 Å². The third-order valence-electron chi connectivity index (χ3n) is 1.78. The lowest BCUT2D eigenvalue weighted by Gasteiger charge is -2.12. The van der Waals surface area contributed by atoms with Crippen LogP contribution in [-0.4, -0.2) is 27.1 Å². The second kappa shape index (κ2) is 5.35. The van der Waals surface area contributed by atoms with E-state index in [0.717, 1.165) is 0 Å². The number of carbonyl (C=O) groups excluding carboxylic acids is 1. The van der Waals surface area contributed by atoms with E-state index in [2.05, 4.69) is 20.5 Å². The highest BCUT2D eigenvalue weighted by atomic mass is 16.2. The van der Waals surface area contributed by atoms with Gasteiger partial charge in [0.15, 0.2) is 0 Å². The molecule has 3 N–H and O–H groups in total. The van der Waals surface area contributed by atoms with E-state index in [4.69, 9.17) is 5.73 Å². The molecule has 0 radical (unpaired) electrons. The van der Waals surface area contributed by atoms with Crippen LogP contribution < -0.4 is 11.1 Å². The maximum absolute atomic E-state index is 11.5. The van der Waals surface area contributed by atoms with Gasteiger partial charge in [0, 0.05) is 0 Å². The molecule has 0 aromatic carbocycles. The van der Waals surface area contributed by atoms with Gasteiger partial charge in [0.1, 0.15) is 0 Å². The quantitative estimate of drug-likeness (QED) is 0.738. The van der Waals surface area contributed by atoms with Crippen molar-refractivity contribution in [3.63, 3.8) is 0 Å². The Balaban J connectivity index is 2.49. The SMILES string of the molecule is CC(C)C[C@H](N)C(=O)Nc1nccnn1. The van der Waals surface area contributed by atoms with Gasteiger partial charge in [0.2, 0.25) is 11.9 Å². The predicted molar refractivity (Wildman–Crippen MR) is 55.9 cm³/mol. The van der Waals surface area contributed by atoms with E-state index in [0.29, 0.717) is 12.3 Å². The Hall–Kier alpha value is -1.56. The first-order chi connectivity index (χ1) is 7.09. The van der Waals surface area contributed by atoms with Crippen molar-refractivity contribution in [1.82, 2.24) is 15.2 Å². The van der Waals surface area contributed by atoms with E-state index in [1.165, 1.54) is 12.4 Å². The van der Waals surface area contributed by atoms with Gasteiger partial charge in [-0.2, -0.15) is 5.10 Å². The van der Waals surface area contributed by atoms with E-state index in [-0.39, 0.29) is 11.9 Å². The molecule has 1 rings (SSSR count). The van der Waals surface area contributed by atoms with Crippen molar-refractivity contribution in [2.45, 2.75) is 26.3 Å². The van der Waals surface area contributed by atoms with E-state index >= 15 is 0 Å². The lowest BCUT2D eigenvalue weighted by molar-refractivity contribution is -0.117. The molecule has 0 saturated heterocycles. The first-order valence-electron chi connectivity index (χ1n) is 4.79. The molecule has 0 aliphatic heterocycles. The van der Waals surface area contributed by atoms with Crippen LogP contribution in [0.15, 0.2) is 12.4 Å². The van der Waals surface area contributed by atoms with Gasteiger partial charge in [-0.3, -0.25) is 10.1 Å². The highest BCUT2D eigenvalue weighted by molar-refractivity contribution is 5.93. The number of nitrogens with zero attached hydrogens (tertiary/aromatic N) is 3. The van der Waals surface area contributed by atoms with Crippen LogP contribution in [0, 0.1) is 5.92 Å². The molecule has 0 saturated carbocycles. The predicted octanol–water partition coefficient (Wildman–Crippen LogP) is 0.183. The lowest BCUT2D eigenvalue weighted by Crippen LogP contribution is -2.37. The van der Waals surface area contributed by atoms with Crippen molar-refractivity contribution in [3.8, 4) is 0 Å². The van der Waals surface area contributed by atoms with Crippen molar-refractivity contribution in [2.75, 3.05) is 5.32 Å². The molecule has 1 heterocycles. The average molecular weight is 209 g/mol. The smallest absolute Gasteiger partial charge is 0.249 e. The Morgan fingerprint density at radius 2 is 2.27 bits per heavy atom. The molecule has 1 aromatic heterocycles. The summed E-state index contributed by atoms with van der Waals surface area (Å²) in [4.78, 5) is 15.3. The molecular weight excluding hydrogens is 194 g/mol. The normalized spacial score (nSPS) is 12.5. The molecule has 0 bridgehead atoms. The minimum Gasteiger partial charge on any atom is -0.320 e. The minimum atomic E-state index is -0.534. The molecule has 0 aliphatic carbocycles. The first-order valence-corrected chi connectivity index (χ1v) is 4.79. The van der Waals surface area contributed by atoms with Gasteiger partial charge in [-0.15, -0.1) is 5.10 Å². The zero-order valence-corrected chi connectivity index (χ0v) is 8.84. The van der Waals surface area contributed by atoms with Crippen LogP contribution >= 0.6 is 0 Å². The zero-order chi connectivity index (χ0) is 11.3. The fraction of sp³-hybridized carbons (Fsp3) is 0.556. The van der Waals surface area contributed by atoms with Crippen molar-refractivity contribution in [3.05, 3.63) is 12.4 Å². The molecule has 82 valence electrons. The van der Waals surface area contributed by atoms with Crippen LogP contribution in [0.25, 0.3) is 0 Å². The summed E-state index contributed by atoms with van der Waals surface area (Å²) in [6, 6.07) is -0.534. The number of hydrogen-bond donors (Lipinski definition) is 2. The molecule has 15 heavy (non-hydrogen) atoms. The summed E-state index contributed by atoms with van der Waals surface area (Å²) in [5.41, 5.74) is 5.68. The van der Waals surface area contributed by atoms with Crippen LogP contribution in [0.2, 0.25) is 0 Å². The topological polar surface area (TPSA) is 93.8 Å². The standard InChI is InChI=1S/C9H15N5O/c1-6(2)5-7(10)8(15)13-9-11-3-4-12-14-9/h3-4,6-7H,5,10H2,1-2H3,(H,11,13,14,15)/t7-/m0/s1. The maximum Gasteiger partial charge on any atom is 0.249 e. The summed E-state index contributed by atoms with van der Waals surface area (Å²) < 4.78 is 0.